The molecular weight excluding hydrogens is 398 g/mol. The first kappa shape index (κ1) is 19.8. The van der Waals surface area contributed by atoms with Crippen molar-refractivity contribution in [3.8, 4) is 11.1 Å². The van der Waals surface area contributed by atoms with Crippen molar-refractivity contribution in [2.24, 2.45) is 5.92 Å². The van der Waals surface area contributed by atoms with Crippen LogP contribution in [0.15, 0.2) is 41.2 Å². The van der Waals surface area contributed by atoms with Crippen molar-refractivity contribution < 1.29 is 4.79 Å². The Hall–Kier alpha value is -2.11. The predicted octanol–water partition coefficient (Wildman–Crippen LogP) is 3.60. The Bertz CT molecular complexity index is 1010. The fourth-order valence-corrected chi connectivity index (χ4v) is 5.90. The number of likely N-dealkylation sites (tertiary alicyclic amines) is 2. The minimum absolute atomic E-state index is 0.112. The number of carbonyl (C=O) groups is 1. The van der Waals surface area contributed by atoms with Crippen LogP contribution in [-0.2, 0) is 11.3 Å². The third kappa shape index (κ3) is 3.58. The molecule has 4 heterocycles. The number of amides is 1. The van der Waals surface area contributed by atoms with E-state index in [9.17, 15) is 9.59 Å². The van der Waals surface area contributed by atoms with E-state index in [4.69, 9.17) is 11.6 Å². The van der Waals surface area contributed by atoms with E-state index in [2.05, 4.69) is 4.90 Å². The molecule has 0 spiro atoms. The number of benzene rings is 1. The zero-order valence-electron chi connectivity index (χ0n) is 17.4. The summed E-state index contributed by atoms with van der Waals surface area (Å²) in [6.07, 6.45) is 3.24. The molecule has 0 saturated carbocycles. The number of rotatable bonds is 2. The maximum Gasteiger partial charge on any atom is 0.250 e. The molecule has 3 aliphatic rings. The molecule has 2 fully saturated rings. The Kier molecular flexibility index (Phi) is 5.19. The molecule has 0 N–H and O–H groups in total. The van der Waals surface area contributed by atoms with Gasteiger partial charge in [0.05, 0.1) is 0 Å². The van der Waals surface area contributed by atoms with Crippen molar-refractivity contribution in [3.63, 3.8) is 0 Å². The SMILES string of the molecule is CC(=O)N1CCC(N2C[C@H]3C[C@H](C2)c2c(-c4ccc(Cl)cc4)ccc(=O)n2C3)CC1. The highest BCUT2D eigenvalue weighted by atomic mass is 35.5. The second-order valence-corrected chi connectivity index (χ2v) is 9.51. The van der Waals surface area contributed by atoms with Crippen molar-refractivity contribution in [1.29, 1.82) is 0 Å². The van der Waals surface area contributed by atoms with Crippen LogP contribution in [0.3, 0.4) is 0 Å². The quantitative estimate of drug-likeness (QED) is 0.738. The molecule has 0 radical (unpaired) electrons. The van der Waals surface area contributed by atoms with Crippen molar-refractivity contribution in [2.45, 2.75) is 44.7 Å². The van der Waals surface area contributed by atoms with Crippen LogP contribution < -0.4 is 5.56 Å². The summed E-state index contributed by atoms with van der Waals surface area (Å²) >= 11 is 6.10. The van der Waals surface area contributed by atoms with Gasteiger partial charge in [-0.05, 0) is 48.9 Å². The van der Waals surface area contributed by atoms with Crippen LogP contribution in [0.5, 0.6) is 0 Å². The van der Waals surface area contributed by atoms with Gasteiger partial charge >= 0.3 is 0 Å². The van der Waals surface area contributed by atoms with E-state index in [0.717, 1.165) is 68.1 Å². The fourth-order valence-electron chi connectivity index (χ4n) is 5.77. The minimum Gasteiger partial charge on any atom is -0.343 e. The maximum atomic E-state index is 12.7. The van der Waals surface area contributed by atoms with E-state index in [-0.39, 0.29) is 11.5 Å². The normalized spacial score (nSPS) is 24.5. The number of hydrogen-bond donors (Lipinski definition) is 0. The van der Waals surface area contributed by atoms with Gasteiger partial charge in [0.25, 0.3) is 5.56 Å². The summed E-state index contributed by atoms with van der Waals surface area (Å²) in [4.78, 5) is 29.0. The van der Waals surface area contributed by atoms with E-state index < -0.39 is 0 Å². The summed E-state index contributed by atoms with van der Waals surface area (Å²) in [5, 5.41) is 0.724. The van der Waals surface area contributed by atoms with Gasteiger partial charge in [0.1, 0.15) is 0 Å². The Morgan fingerprint density at radius 1 is 1.00 bits per heavy atom. The largest absolute Gasteiger partial charge is 0.343 e. The summed E-state index contributed by atoms with van der Waals surface area (Å²) in [5.74, 6) is 1.06. The number of aromatic nitrogens is 1. The first-order valence-electron chi connectivity index (χ1n) is 11.0. The summed E-state index contributed by atoms with van der Waals surface area (Å²) in [7, 11) is 0. The molecule has 2 aromatic rings. The molecule has 5 rings (SSSR count). The molecular formula is C24H28ClN3O2. The first-order valence-corrected chi connectivity index (χ1v) is 11.4. The van der Waals surface area contributed by atoms with Crippen LogP contribution in [-0.4, -0.2) is 52.5 Å². The van der Waals surface area contributed by atoms with Gasteiger partial charge in [-0.1, -0.05) is 23.7 Å². The molecule has 6 heteroatoms. The van der Waals surface area contributed by atoms with Crippen LogP contribution >= 0.6 is 11.6 Å². The standard InChI is InChI=1S/C24H28ClN3O2/c1-16(29)26-10-8-21(9-11-26)27-13-17-12-19(15-27)24-22(6-7-23(30)28(24)14-17)18-2-4-20(25)5-3-18/h2-7,17,19,21H,8-15H2,1H3/t17-,19-/m1/s1. The Morgan fingerprint density at radius 2 is 1.73 bits per heavy atom. The van der Waals surface area contributed by atoms with E-state index >= 15 is 0 Å². The van der Waals surface area contributed by atoms with E-state index in [1.807, 2.05) is 39.8 Å². The lowest BCUT2D eigenvalue weighted by Crippen LogP contribution is -2.53. The lowest BCUT2D eigenvalue weighted by Gasteiger charge is -2.48. The third-order valence-electron chi connectivity index (χ3n) is 7.20. The van der Waals surface area contributed by atoms with Crippen molar-refractivity contribution >= 4 is 17.5 Å². The third-order valence-corrected chi connectivity index (χ3v) is 7.45. The average Bonchev–Trinajstić information content (AvgIpc) is 2.75. The maximum absolute atomic E-state index is 12.7. The first-order chi connectivity index (χ1) is 14.5. The van der Waals surface area contributed by atoms with Gasteiger partial charge in [-0.3, -0.25) is 14.5 Å². The molecule has 0 aliphatic carbocycles. The molecule has 1 aromatic heterocycles. The van der Waals surface area contributed by atoms with Crippen LogP contribution in [0, 0.1) is 5.92 Å². The molecule has 158 valence electrons. The molecule has 0 unspecified atom stereocenters. The summed E-state index contributed by atoms with van der Waals surface area (Å²) < 4.78 is 2.03. The molecule has 5 nitrogen and oxygen atoms in total. The topological polar surface area (TPSA) is 45.6 Å². The number of halogens is 1. The van der Waals surface area contributed by atoms with Gasteiger partial charge in [-0.15, -0.1) is 0 Å². The van der Waals surface area contributed by atoms with Gasteiger partial charge in [0.2, 0.25) is 5.91 Å². The van der Waals surface area contributed by atoms with Crippen LogP contribution in [0.4, 0.5) is 0 Å². The van der Waals surface area contributed by atoms with Gasteiger partial charge in [0.15, 0.2) is 0 Å². The van der Waals surface area contributed by atoms with E-state index in [0.29, 0.717) is 17.9 Å². The molecule has 1 amide bonds. The molecule has 2 saturated heterocycles. The summed E-state index contributed by atoms with van der Waals surface area (Å²) in [6, 6.07) is 12.2. The zero-order valence-corrected chi connectivity index (χ0v) is 18.1. The zero-order chi connectivity index (χ0) is 20.8. The molecule has 1 aromatic carbocycles. The highest BCUT2D eigenvalue weighted by Crippen LogP contribution is 2.41. The predicted molar refractivity (Wildman–Crippen MR) is 119 cm³/mol. The smallest absolute Gasteiger partial charge is 0.250 e. The lowest BCUT2D eigenvalue weighted by atomic mass is 9.79. The number of pyridine rings is 1. The summed E-state index contributed by atoms with van der Waals surface area (Å²) in [5.41, 5.74) is 3.57. The molecule has 2 bridgehead atoms. The fraction of sp³-hybridized carbons (Fsp3) is 0.500. The second kappa shape index (κ2) is 7.86. The number of fused-ring (bicyclic) bond motifs is 4. The Morgan fingerprint density at radius 3 is 2.43 bits per heavy atom. The highest BCUT2D eigenvalue weighted by molar-refractivity contribution is 6.30. The molecule has 2 atom stereocenters. The minimum atomic E-state index is 0.112. The number of nitrogens with zero attached hydrogens (tertiary/aromatic N) is 3. The second-order valence-electron chi connectivity index (χ2n) is 9.08. The Balaban J connectivity index is 1.44. The van der Waals surface area contributed by atoms with Crippen molar-refractivity contribution in [3.05, 3.63) is 57.5 Å². The summed E-state index contributed by atoms with van der Waals surface area (Å²) in [6.45, 7) is 6.23. The van der Waals surface area contributed by atoms with E-state index in [1.54, 1.807) is 13.0 Å². The number of hydrogen-bond acceptors (Lipinski definition) is 3. The molecule has 3 aliphatic heterocycles. The van der Waals surface area contributed by atoms with Crippen LogP contribution in [0.2, 0.25) is 5.02 Å². The molecule has 30 heavy (non-hydrogen) atoms. The van der Waals surface area contributed by atoms with Gasteiger partial charge < -0.3 is 9.47 Å². The van der Waals surface area contributed by atoms with Crippen molar-refractivity contribution in [1.82, 2.24) is 14.4 Å². The number of carbonyl (C=O) groups excluding carboxylic acids is 1. The van der Waals surface area contributed by atoms with Gasteiger partial charge in [-0.2, -0.15) is 0 Å². The van der Waals surface area contributed by atoms with Gasteiger partial charge in [0, 0.05) is 74.0 Å². The number of piperidine rings is 2. The van der Waals surface area contributed by atoms with Crippen LogP contribution in [0.1, 0.15) is 37.8 Å². The Labute approximate surface area is 182 Å². The van der Waals surface area contributed by atoms with Crippen LogP contribution in [0.25, 0.3) is 11.1 Å². The van der Waals surface area contributed by atoms with E-state index in [1.165, 1.54) is 5.69 Å². The van der Waals surface area contributed by atoms with Crippen molar-refractivity contribution in [2.75, 3.05) is 26.2 Å². The average molecular weight is 426 g/mol. The monoisotopic (exact) mass is 425 g/mol. The van der Waals surface area contributed by atoms with Gasteiger partial charge in [-0.25, -0.2) is 0 Å². The highest BCUT2D eigenvalue weighted by Gasteiger charge is 2.39. The lowest BCUT2D eigenvalue weighted by molar-refractivity contribution is -0.130.